The Morgan fingerprint density at radius 1 is 1.05 bits per heavy atom. The van der Waals surface area contributed by atoms with E-state index in [0.717, 1.165) is 23.3 Å². The number of fused-ring (bicyclic) bond motifs is 1. The molecule has 2 aliphatic heterocycles. The molecule has 0 unspecified atom stereocenters. The van der Waals surface area contributed by atoms with Gasteiger partial charge >= 0.3 is 6.09 Å². The van der Waals surface area contributed by atoms with E-state index >= 15 is 0 Å². The van der Waals surface area contributed by atoms with Crippen LogP contribution in [-0.4, -0.2) is 98.6 Å². The Bertz CT molecular complexity index is 1300. The van der Waals surface area contributed by atoms with E-state index in [4.69, 9.17) is 24.7 Å². The van der Waals surface area contributed by atoms with Crippen LogP contribution in [0.1, 0.15) is 38.7 Å². The second kappa shape index (κ2) is 14.7. The molecule has 2 aliphatic rings. The third kappa shape index (κ3) is 8.58. The summed E-state index contributed by atoms with van der Waals surface area (Å²) in [6.45, 7) is 4.47. The molecule has 43 heavy (non-hydrogen) atoms. The predicted octanol–water partition coefficient (Wildman–Crippen LogP) is 2.89. The number of aliphatic hydroxyl groups is 1. The molecule has 2 atom stereocenters. The minimum absolute atomic E-state index is 0.00375. The third-order valence-electron chi connectivity index (χ3n) is 7.78. The Balaban J connectivity index is 1.69. The van der Waals surface area contributed by atoms with E-state index in [0.29, 0.717) is 24.5 Å². The van der Waals surface area contributed by atoms with Crippen molar-refractivity contribution in [2.45, 2.75) is 62.6 Å². The molecule has 4 rings (SSSR count). The smallest absolute Gasteiger partial charge is 0.408 e. The van der Waals surface area contributed by atoms with Gasteiger partial charge in [0.1, 0.15) is 6.79 Å². The lowest BCUT2D eigenvalue weighted by atomic mass is 9.87. The van der Waals surface area contributed by atoms with Crippen LogP contribution in [0.5, 0.6) is 11.5 Å². The highest BCUT2D eigenvalue weighted by Gasteiger charge is 2.40. The van der Waals surface area contributed by atoms with Crippen molar-refractivity contribution in [1.82, 2.24) is 9.21 Å². The Morgan fingerprint density at radius 3 is 2.42 bits per heavy atom. The number of hydrogen-bond donors (Lipinski definition) is 3. The maximum atomic E-state index is 14.2. The third-order valence-corrected chi connectivity index (χ3v) is 9.58. The van der Waals surface area contributed by atoms with Crippen LogP contribution in [0.3, 0.4) is 0 Å². The van der Waals surface area contributed by atoms with Gasteiger partial charge in [-0.1, -0.05) is 50.6 Å². The molecule has 12 nitrogen and oxygen atoms in total. The highest BCUT2D eigenvalue weighted by Crippen LogP contribution is 2.36. The Labute approximate surface area is 253 Å². The number of aliphatic hydroxyl groups excluding tert-OH is 1. The van der Waals surface area contributed by atoms with Gasteiger partial charge in [0, 0.05) is 19.2 Å². The Kier molecular flexibility index (Phi) is 11.3. The molecular formula is C30H43N3O9S. The first kappa shape index (κ1) is 33.0. The van der Waals surface area contributed by atoms with E-state index in [1.54, 1.807) is 6.07 Å². The van der Waals surface area contributed by atoms with E-state index in [-0.39, 0.29) is 51.2 Å². The first-order chi connectivity index (χ1) is 20.5. The molecule has 13 heteroatoms. The SMILES string of the molecule is CC(C)(CCCCN)CN(C[C@@H](O)[C@H](Cc1ccccc1)N(C(=O)O)C1COCOC1)S(=O)(=O)c1ccc2c(c1)OCO2. The van der Waals surface area contributed by atoms with Crippen LogP contribution in [0.4, 0.5) is 4.79 Å². The summed E-state index contributed by atoms with van der Waals surface area (Å²) in [5, 5.41) is 22.1. The minimum Gasteiger partial charge on any atom is -0.465 e. The van der Waals surface area contributed by atoms with Crippen LogP contribution in [0.2, 0.25) is 0 Å². The second-order valence-corrected chi connectivity index (χ2v) is 13.7. The number of ether oxygens (including phenoxy) is 4. The lowest BCUT2D eigenvalue weighted by Gasteiger charge is -2.41. The number of benzene rings is 2. The summed E-state index contributed by atoms with van der Waals surface area (Å²) in [4.78, 5) is 13.8. The van der Waals surface area contributed by atoms with Gasteiger partial charge < -0.3 is 34.9 Å². The van der Waals surface area contributed by atoms with Crippen molar-refractivity contribution >= 4 is 16.1 Å². The zero-order valence-electron chi connectivity index (χ0n) is 24.8. The molecule has 0 saturated carbocycles. The molecule has 2 aromatic carbocycles. The molecule has 2 heterocycles. The van der Waals surface area contributed by atoms with Crippen molar-refractivity contribution in [2.24, 2.45) is 11.1 Å². The molecule has 0 radical (unpaired) electrons. The van der Waals surface area contributed by atoms with Crippen LogP contribution in [0.25, 0.3) is 0 Å². The summed E-state index contributed by atoms with van der Waals surface area (Å²) in [5.41, 5.74) is 6.02. The summed E-state index contributed by atoms with van der Waals surface area (Å²) >= 11 is 0. The first-order valence-electron chi connectivity index (χ1n) is 14.5. The Hall–Kier alpha value is -2.94. The normalized spacial score (nSPS) is 17.1. The van der Waals surface area contributed by atoms with Gasteiger partial charge in [-0.15, -0.1) is 0 Å². The maximum absolute atomic E-state index is 14.2. The van der Waals surface area contributed by atoms with Gasteiger partial charge in [-0.05, 0) is 48.9 Å². The molecule has 1 saturated heterocycles. The lowest BCUT2D eigenvalue weighted by molar-refractivity contribution is -0.140. The summed E-state index contributed by atoms with van der Waals surface area (Å²) in [5.74, 6) is 0.768. The van der Waals surface area contributed by atoms with Crippen LogP contribution >= 0.6 is 0 Å². The number of rotatable bonds is 15. The quantitative estimate of drug-likeness (QED) is 0.252. The fraction of sp³-hybridized carbons (Fsp3) is 0.567. The molecule has 238 valence electrons. The molecular weight excluding hydrogens is 578 g/mol. The number of unbranched alkanes of at least 4 members (excludes halogenated alkanes) is 1. The predicted molar refractivity (Wildman–Crippen MR) is 158 cm³/mol. The van der Waals surface area contributed by atoms with Crippen molar-refractivity contribution in [3.63, 3.8) is 0 Å². The number of nitrogens with zero attached hydrogens (tertiary/aromatic N) is 2. The Morgan fingerprint density at radius 2 is 1.74 bits per heavy atom. The molecule has 2 aromatic rings. The summed E-state index contributed by atoms with van der Waals surface area (Å²) < 4.78 is 51.2. The van der Waals surface area contributed by atoms with Crippen LogP contribution < -0.4 is 15.2 Å². The fourth-order valence-corrected chi connectivity index (χ4v) is 7.21. The number of hydrogen-bond acceptors (Lipinski definition) is 9. The molecule has 4 N–H and O–H groups in total. The summed E-state index contributed by atoms with van der Waals surface area (Å²) in [6.07, 6.45) is -0.163. The van der Waals surface area contributed by atoms with Gasteiger partial charge in [-0.25, -0.2) is 13.2 Å². The molecule has 1 fully saturated rings. The summed E-state index contributed by atoms with van der Waals surface area (Å²) in [7, 11) is -4.16. The standard InChI is InChI=1S/C30H43N3O9S/c1-30(2,12-6-7-13-31)19-32(43(37,38)24-10-11-27-28(15-24)42-21-41-27)16-26(34)25(14-22-8-4-3-5-9-22)33(29(35)36)23-17-39-20-40-18-23/h3-5,8-11,15,23,25-26,34H,6-7,12-14,16-21,31H2,1-2H3,(H,35,36)/t25-,26+/m0/s1. The fourth-order valence-electron chi connectivity index (χ4n) is 5.55. The van der Waals surface area contributed by atoms with Gasteiger partial charge in [-0.2, -0.15) is 4.31 Å². The average Bonchev–Trinajstić information content (AvgIpc) is 3.45. The van der Waals surface area contributed by atoms with E-state index in [1.807, 2.05) is 44.2 Å². The van der Waals surface area contributed by atoms with Gasteiger partial charge in [0.25, 0.3) is 0 Å². The summed E-state index contributed by atoms with van der Waals surface area (Å²) in [6, 6.07) is 11.9. The van der Waals surface area contributed by atoms with E-state index in [9.17, 15) is 23.4 Å². The van der Waals surface area contributed by atoms with Gasteiger partial charge in [0.05, 0.1) is 36.3 Å². The van der Waals surface area contributed by atoms with E-state index < -0.39 is 39.7 Å². The van der Waals surface area contributed by atoms with Gasteiger partial charge in [0.15, 0.2) is 11.5 Å². The monoisotopic (exact) mass is 621 g/mol. The number of carbonyl (C=O) groups is 1. The average molecular weight is 622 g/mol. The zero-order valence-corrected chi connectivity index (χ0v) is 25.6. The largest absolute Gasteiger partial charge is 0.465 e. The van der Waals surface area contributed by atoms with Crippen molar-refractivity contribution < 1.29 is 42.4 Å². The van der Waals surface area contributed by atoms with Crippen molar-refractivity contribution in [3.8, 4) is 11.5 Å². The second-order valence-electron chi connectivity index (χ2n) is 11.8. The van der Waals surface area contributed by atoms with Crippen molar-refractivity contribution in [3.05, 3.63) is 54.1 Å². The first-order valence-corrected chi connectivity index (χ1v) is 15.9. The molecule has 0 aliphatic carbocycles. The maximum Gasteiger partial charge on any atom is 0.408 e. The molecule has 0 aromatic heterocycles. The van der Waals surface area contributed by atoms with Gasteiger partial charge in [0.2, 0.25) is 16.8 Å². The number of sulfonamides is 1. The molecule has 0 spiro atoms. The minimum atomic E-state index is -4.16. The number of nitrogens with two attached hydrogens (primary N) is 1. The lowest BCUT2D eigenvalue weighted by Crippen LogP contribution is -2.59. The van der Waals surface area contributed by atoms with Crippen LogP contribution in [0, 0.1) is 5.41 Å². The van der Waals surface area contributed by atoms with Gasteiger partial charge in [-0.3, -0.25) is 4.90 Å². The molecule has 1 amide bonds. The number of amides is 1. The van der Waals surface area contributed by atoms with Crippen molar-refractivity contribution in [1.29, 1.82) is 0 Å². The molecule has 0 bridgehead atoms. The highest BCUT2D eigenvalue weighted by atomic mass is 32.2. The number of carboxylic acid groups (broad SMARTS) is 1. The van der Waals surface area contributed by atoms with Crippen LogP contribution in [-0.2, 0) is 25.9 Å². The van der Waals surface area contributed by atoms with Crippen LogP contribution in [0.15, 0.2) is 53.4 Å². The van der Waals surface area contributed by atoms with Crippen molar-refractivity contribution in [2.75, 3.05) is 46.4 Å². The zero-order chi connectivity index (χ0) is 31.0. The topological polar surface area (TPSA) is 161 Å². The van der Waals surface area contributed by atoms with E-state index in [2.05, 4.69) is 0 Å². The van der Waals surface area contributed by atoms with E-state index in [1.165, 1.54) is 16.4 Å². The highest BCUT2D eigenvalue weighted by molar-refractivity contribution is 7.89.